The van der Waals surface area contributed by atoms with Crippen LogP contribution in [0.15, 0.2) is 40.6 Å². The van der Waals surface area contributed by atoms with Crippen LogP contribution in [0.5, 0.6) is 0 Å². The van der Waals surface area contributed by atoms with Gasteiger partial charge < -0.3 is 4.74 Å². The van der Waals surface area contributed by atoms with Gasteiger partial charge in [0.05, 0.1) is 23.6 Å². The van der Waals surface area contributed by atoms with Crippen molar-refractivity contribution in [2.45, 2.75) is 38.6 Å². The Balaban J connectivity index is 2.39. The average Bonchev–Trinajstić information content (AvgIpc) is 3.04. The largest absolute Gasteiger partial charge is 0.465 e. The number of thiophene rings is 1. The summed E-state index contributed by atoms with van der Waals surface area (Å²) in [5.41, 5.74) is 0.524. The Morgan fingerprint density at radius 3 is 2.40 bits per heavy atom. The number of carbonyl (C=O) groups is 1. The number of hydrogen-bond donors (Lipinski definition) is 1. The molecule has 0 aliphatic heterocycles. The maximum atomic E-state index is 12.9. The topological polar surface area (TPSA) is 72.5 Å². The van der Waals surface area contributed by atoms with E-state index < -0.39 is 16.0 Å². The standard InChI is InChI=1S/C18H23NO4S2/c1-12-11-13(17(20)23-5)8-9-15(12)25(21,22)19-16(18(2,3)4)14-7-6-10-24-14/h6-11,16,19H,1-5H3. The molecule has 7 heteroatoms. The van der Waals surface area contributed by atoms with Gasteiger partial charge in [0.15, 0.2) is 0 Å². The molecule has 1 aromatic heterocycles. The summed E-state index contributed by atoms with van der Waals surface area (Å²) in [7, 11) is -2.45. The van der Waals surface area contributed by atoms with E-state index in [4.69, 9.17) is 0 Å². The first-order chi connectivity index (χ1) is 11.6. The van der Waals surface area contributed by atoms with Crippen LogP contribution in [0.4, 0.5) is 0 Å². The van der Waals surface area contributed by atoms with E-state index in [0.717, 1.165) is 4.88 Å². The molecular weight excluding hydrogens is 358 g/mol. The zero-order chi connectivity index (χ0) is 18.8. The van der Waals surface area contributed by atoms with Crippen molar-refractivity contribution < 1.29 is 17.9 Å². The second-order valence-corrected chi connectivity index (χ2v) is 9.57. The molecule has 2 aromatic rings. The van der Waals surface area contributed by atoms with Crippen LogP contribution < -0.4 is 4.72 Å². The SMILES string of the molecule is COC(=O)c1ccc(S(=O)(=O)NC(c2cccs2)C(C)(C)C)c(C)c1. The number of ether oxygens (including phenoxy) is 1. The highest BCUT2D eigenvalue weighted by Gasteiger charge is 2.32. The van der Waals surface area contributed by atoms with Gasteiger partial charge in [-0.2, -0.15) is 0 Å². The van der Waals surface area contributed by atoms with Gasteiger partial charge in [-0.1, -0.05) is 26.8 Å². The van der Waals surface area contributed by atoms with Gasteiger partial charge in [-0.25, -0.2) is 17.9 Å². The summed E-state index contributed by atoms with van der Waals surface area (Å²) in [5.74, 6) is -0.494. The maximum Gasteiger partial charge on any atom is 0.337 e. The lowest BCUT2D eigenvalue weighted by Gasteiger charge is -2.30. The number of carbonyl (C=O) groups excluding carboxylic acids is 1. The second-order valence-electron chi connectivity index (χ2n) is 6.91. The van der Waals surface area contributed by atoms with Crippen LogP contribution in [-0.2, 0) is 14.8 Å². The fraction of sp³-hybridized carbons (Fsp3) is 0.389. The number of aryl methyl sites for hydroxylation is 1. The van der Waals surface area contributed by atoms with Crippen molar-refractivity contribution in [1.82, 2.24) is 4.72 Å². The molecule has 1 heterocycles. The normalized spacial score (nSPS) is 13.5. The summed E-state index contributed by atoms with van der Waals surface area (Å²) < 4.78 is 33.4. The van der Waals surface area contributed by atoms with Gasteiger partial charge in [0.2, 0.25) is 10.0 Å². The highest BCUT2D eigenvalue weighted by atomic mass is 32.2. The van der Waals surface area contributed by atoms with Crippen LogP contribution in [0.1, 0.15) is 47.6 Å². The third kappa shape index (κ3) is 4.48. The van der Waals surface area contributed by atoms with Crippen LogP contribution in [0, 0.1) is 12.3 Å². The van der Waals surface area contributed by atoms with Gasteiger partial charge in [0, 0.05) is 4.88 Å². The zero-order valence-corrected chi connectivity index (χ0v) is 16.6. The Bertz CT molecular complexity index is 850. The Hall–Kier alpha value is -1.70. The molecule has 0 aliphatic carbocycles. The number of esters is 1. The summed E-state index contributed by atoms with van der Waals surface area (Å²) in [6, 6.07) is 7.91. The van der Waals surface area contributed by atoms with Gasteiger partial charge in [-0.05, 0) is 47.5 Å². The molecule has 0 saturated carbocycles. The van der Waals surface area contributed by atoms with E-state index in [1.807, 2.05) is 38.3 Å². The minimum absolute atomic E-state index is 0.158. The molecule has 0 radical (unpaired) electrons. The van der Waals surface area contributed by atoms with Crippen LogP contribution >= 0.6 is 11.3 Å². The molecule has 0 amide bonds. The molecule has 25 heavy (non-hydrogen) atoms. The minimum atomic E-state index is -3.74. The number of rotatable bonds is 5. The van der Waals surface area contributed by atoms with Gasteiger partial charge in [0.25, 0.3) is 0 Å². The Kier molecular flexibility index (Phi) is 5.71. The van der Waals surface area contributed by atoms with E-state index in [9.17, 15) is 13.2 Å². The van der Waals surface area contributed by atoms with Gasteiger partial charge in [0.1, 0.15) is 0 Å². The molecule has 2 rings (SSSR count). The summed E-state index contributed by atoms with van der Waals surface area (Å²) in [6.45, 7) is 7.64. The molecule has 0 bridgehead atoms. The Morgan fingerprint density at radius 2 is 1.92 bits per heavy atom. The first kappa shape index (κ1) is 19.6. The van der Waals surface area contributed by atoms with Crippen molar-refractivity contribution in [3.05, 3.63) is 51.7 Å². The van der Waals surface area contributed by atoms with E-state index >= 15 is 0 Å². The molecule has 0 spiro atoms. The van der Waals surface area contributed by atoms with E-state index in [1.54, 1.807) is 6.92 Å². The van der Waals surface area contributed by atoms with Gasteiger partial charge >= 0.3 is 5.97 Å². The number of methoxy groups -OCH3 is 1. The molecule has 1 unspecified atom stereocenters. The van der Waals surface area contributed by atoms with Crippen LogP contribution in [0.2, 0.25) is 0 Å². The Labute approximate surface area is 153 Å². The van der Waals surface area contributed by atoms with Crippen molar-refractivity contribution in [2.24, 2.45) is 5.41 Å². The first-order valence-electron chi connectivity index (χ1n) is 7.81. The Morgan fingerprint density at radius 1 is 1.24 bits per heavy atom. The lowest BCUT2D eigenvalue weighted by Crippen LogP contribution is -2.36. The fourth-order valence-corrected chi connectivity index (χ4v) is 5.27. The van der Waals surface area contributed by atoms with Crippen LogP contribution in [0.25, 0.3) is 0 Å². The van der Waals surface area contributed by atoms with Crippen molar-refractivity contribution in [3.63, 3.8) is 0 Å². The third-order valence-electron chi connectivity index (χ3n) is 3.85. The van der Waals surface area contributed by atoms with E-state index in [2.05, 4.69) is 9.46 Å². The predicted octanol–water partition coefficient (Wildman–Crippen LogP) is 3.91. The van der Waals surface area contributed by atoms with E-state index in [1.165, 1.54) is 36.6 Å². The molecule has 1 atom stereocenters. The second kappa shape index (κ2) is 7.27. The van der Waals surface area contributed by atoms with Crippen molar-refractivity contribution in [1.29, 1.82) is 0 Å². The molecule has 0 saturated heterocycles. The summed E-state index contributed by atoms with van der Waals surface area (Å²) in [4.78, 5) is 12.7. The van der Waals surface area contributed by atoms with E-state index in [0.29, 0.717) is 11.1 Å². The minimum Gasteiger partial charge on any atom is -0.465 e. The van der Waals surface area contributed by atoms with Crippen LogP contribution in [-0.4, -0.2) is 21.5 Å². The van der Waals surface area contributed by atoms with E-state index in [-0.39, 0.29) is 16.4 Å². The smallest absolute Gasteiger partial charge is 0.337 e. The van der Waals surface area contributed by atoms with Crippen LogP contribution in [0.3, 0.4) is 0 Å². The van der Waals surface area contributed by atoms with Crippen molar-refractivity contribution >= 4 is 27.3 Å². The molecular formula is C18H23NO4S2. The van der Waals surface area contributed by atoms with Crippen molar-refractivity contribution in [3.8, 4) is 0 Å². The highest BCUT2D eigenvalue weighted by Crippen LogP contribution is 2.36. The number of benzene rings is 1. The molecule has 1 aromatic carbocycles. The maximum absolute atomic E-state index is 12.9. The van der Waals surface area contributed by atoms with Gasteiger partial charge in [-0.15, -0.1) is 11.3 Å². The third-order valence-corrected chi connectivity index (χ3v) is 6.37. The summed E-state index contributed by atoms with van der Waals surface area (Å²) >= 11 is 1.52. The fourth-order valence-electron chi connectivity index (χ4n) is 2.53. The average molecular weight is 382 g/mol. The van der Waals surface area contributed by atoms with Gasteiger partial charge in [-0.3, -0.25) is 0 Å². The quantitative estimate of drug-likeness (QED) is 0.797. The summed E-state index contributed by atoms with van der Waals surface area (Å²) in [6.07, 6.45) is 0. The highest BCUT2D eigenvalue weighted by molar-refractivity contribution is 7.89. The lowest BCUT2D eigenvalue weighted by molar-refractivity contribution is 0.0600. The lowest BCUT2D eigenvalue weighted by atomic mass is 9.86. The molecule has 0 fully saturated rings. The first-order valence-corrected chi connectivity index (χ1v) is 10.2. The molecule has 0 aliphatic rings. The molecule has 1 N–H and O–H groups in total. The monoisotopic (exact) mass is 381 g/mol. The number of hydrogen-bond acceptors (Lipinski definition) is 5. The predicted molar refractivity (Wildman–Crippen MR) is 99.4 cm³/mol. The molecule has 5 nitrogen and oxygen atoms in total. The summed E-state index contributed by atoms with van der Waals surface area (Å²) in [5, 5.41) is 1.93. The number of nitrogens with one attached hydrogen (secondary N) is 1. The van der Waals surface area contributed by atoms with Crippen molar-refractivity contribution in [2.75, 3.05) is 7.11 Å². The molecule has 136 valence electrons. The number of sulfonamides is 1. The zero-order valence-electron chi connectivity index (χ0n) is 15.0.